The lowest BCUT2D eigenvalue weighted by Crippen LogP contribution is -2.29. The van der Waals surface area contributed by atoms with Gasteiger partial charge in [-0.1, -0.05) is 6.07 Å². The highest BCUT2D eigenvalue weighted by atomic mass is 19.4. The molecule has 154 valence electrons. The highest BCUT2D eigenvalue weighted by Gasteiger charge is 2.33. The van der Waals surface area contributed by atoms with Gasteiger partial charge in [-0.2, -0.15) is 13.2 Å². The standard InChI is InChI=1S/C19H18F4N4O2/c1-10-6-11(2)25-17-16(10)18(26-27(17)3)29-9-15(28)24-8-12-4-5-13(20)7-14(12)19(21,22)23/h4-7H,8-9H2,1-3H3,(H,24,28). The molecule has 0 unspecified atom stereocenters. The minimum absolute atomic E-state index is 0.209. The van der Waals surface area contributed by atoms with Gasteiger partial charge in [0.05, 0.1) is 10.9 Å². The number of amides is 1. The molecule has 29 heavy (non-hydrogen) atoms. The molecule has 10 heteroatoms. The Morgan fingerprint density at radius 2 is 1.97 bits per heavy atom. The number of pyridine rings is 1. The first kappa shape index (κ1) is 20.6. The van der Waals surface area contributed by atoms with E-state index < -0.39 is 36.6 Å². The van der Waals surface area contributed by atoms with Gasteiger partial charge in [-0.15, -0.1) is 5.10 Å². The zero-order valence-corrected chi connectivity index (χ0v) is 15.9. The van der Waals surface area contributed by atoms with E-state index in [9.17, 15) is 22.4 Å². The van der Waals surface area contributed by atoms with Gasteiger partial charge < -0.3 is 10.1 Å². The number of carbonyl (C=O) groups is 1. The Bertz CT molecular complexity index is 1080. The molecule has 1 amide bonds. The molecule has 0 bridgehead atoms. The van der Waals surface area contributed by atoms with Gasteiger partial charge in [0.25, 0.3) is 5.91 Å². The van der Waals surface area contributed by atoms with Gasteiger partial charge in [0.15, 0.2) is 12.3 Å². The van der Waals surface area contributed by atoms with E-state index in [1.54, 1.807) is 7.05 Å². The Balaban J connectivity index is 1.69. The second kappa shape index (κ2) is 7.69. The average Bonchev–Trinajstić information content (AvgIpc) is 2.94. The molecule has 0 aliphatic rings. The first-order chi connectivity index (χ1) is 13.6. The molecule has 0 saturated heterocycles. The van der Waals surface area contributed by atoms with Crippen LogP contribution in [-0.4, -0.2) is 27.3 Å². The van der Waals surface area contributed by atoms with Crippen LogP contribution in [0.3, 0.4) is 0 Å². The minimum atomic E-state index is -4.73. The van der Waals surface area contributed by atoms with E-state index in [4.69, 9.17) is 4.74 Å². The van der Waals surface area contributed by atoms with Gasteiger partial charge in [0.2, 0.25) is 5.88 Å². The molecule has 0 atom stereocenters. The van der Waals surface area contributed by atoms with Crippen molar-refractivity contribution in [2.24, 2.45) is 7.05 Å². The van der Waals surface area contributed by atoms with E-state index in [-0.39, 0.29) is 11.4 Å². The third-order valence-electron chi connectivity index (χ3n) is 4.28. The van der Waals surface area contributed by atoms with E-state index in [0.29, 0.717) is 17.1 Å². The van der Waals surface area contributed by atoms with Crippen LogP contribution in [-0.2, 0) is 24.6 Å². The monoisotopic (exact) mass is 410 g/mol. The molecule has 3 aromatic rings. The maximum atomic E-state index is 13.2. The van der Waals surface area contributed by atoms with Crippen molar-refractivity contribution in [2.75, 3.05) is 6.61 Å². The summed E-state index contributed by atoms with van der Waals surface area (Å²) in [6, 6.07) is 4.15. The van der Waals surface area contributed by atoms with Crippen molar-refractivity contribution in [2.45, 2.75) is 26.6 Å². The maximum absolute atomic E-state index is 13.2. The molecular formula is C19H18F4N4O2. The number of alkyl halides is 3. The molecule has 0 radical (unpaired) electrons. The summed E-state index contributed by atoms with van der Waals surface area (Å²) in [6.07, 6.45) is -4.73. The summed E-state index contributed by atoms with van der Waals surface area (Å²) >= 11 is 0. The van der Waals surface area contributed by atoms with Crippen molar-refractivity contribution in [3.63, 3.8) is 0 Å². The van der Waals surface area contributed by atoms with Crippen molar-refractivity contribution in [1.82, 2.24) is 20.1 Å². The minimum Gasteiger partial charge on any atom is -0.466 e. The summed E-state index contributed by atoms with van der Waals surface area (Å²) in [6.45, 7) is 2.85. The third-order valence-corrected chi connectivity index (χ3v) is 4.28. The Labute approximate surface area is 163 Å². The summed E-state index contributed by atoms with van der Waals surface area (Å²) in [7, 11) is 1.69. The van der Waals surface area contributed by atoms with E-state index in [0.717, 1.165) is 23.4 Å². The molecule has 1 N–H and O–H groups in total. The SMILES string of the molecule is Cc1cc(C)c2c(OCC(=O)NCc3ccc(F)cc3C(F)(F)F)nn(C)c2n1. The number of rotatable bonds is 5. The Kier molecular flexibility index (Phi) is 5.45. The van der Waals surface area contributed by atoms with Gasteiger partial charge in [-0.05, 0) is 43.2 Å². The molecule has 0 aliphatic heterocycles. The van der Waals surface area contributed by atoms with E-state index >= 15 is 0 Å². The highest BCUT2D eigenvalue weighted by Crippen LogP contribution is 2.32. The Morgan fingerprint density at radius 1 is 1.24 bits per heavy atom. The van der Waals surface area contributed by atoms with Crippen LogP contribution in [0.4, 0.5) is 17.6 Å². The molecule has 0 saturated carbocycles. The number of nitrogens with zero attached hydrogens (tertiary/aromatic N) is 3. The van der Waals surface area contributed by atoms with Gasteiger partial charge in [0, 0.05) is 19.3 Å². The topological polar surface area (TPSA) is 69.0 Å². The lowest BCUT2D eigenvalue weighted by molar-refractivity contribution is -0.138. The molecule has 0 fully saturated rings. The quantitative estimate of drug-likeness (QED) is 0.655. The normalized spacial score (nSPS) is 11.7. The Hall–Kier alpha value is -3.17. The molecular weight excluding hydrogens is 392 g/mol. The number of fused-ring (bicyclic) bond motifs is 1. The molecule has 0 aliphatic carbocycles. The first-order valence-corrected chi connectivity index (χ1v) is 8.62. The van der Waals surface area contributed by atoms with Crippen molar-refractivity contribution < 1.29 is 27.1 Å². The number of hydrogen-bond acceptors (Lipinski definition) is 4. The number of aryl methyl sites for hydroxylation is 3. The lowest BCUT2D eigenvalue weighted by Gasteiger charge is -2.13. The van der Waals surface area contributed by atoms with Crippen LogP contribution in [0, 0.1) is 19.7 Å². The number of aromatic nitrogens is 3. The molecule has 1 aromatic carbocycles. The molecule has 3 rings (SSSR count). The maximum Gasteiger partial charge on any atom is 0.416 e. The van der Waals surface area contributed by atoms with Crippen LogP contribution in [0.25, 0.3) is 11.0 Å². The van der Waals surface area contributed by atoms with Gasteiger partial charge in [0.1, 0.15) is 5.82 Å². The number of benzene rings is 1. The molecule has 6 nitrogen and oxygen atoms in total. The van der Waals surface area contributed by atoms with Gasteiger partial charge in [-0.25, -0.2) is 14.1 Å². The largest absolute Gasteiger partial charge is 0.466 e. The van der Waals surface area contributed by atoms with Gasteiger partial charge in [-0.3, -0.25) is 4.79 Å². The van der Waals surface area contributed by atoms with Crippen LogP contribution in [0.5, 0.6) is 5.88 Å². The third kappa shape index (κ3) is 4.47. The van der Waals surface area contributed by atoms with Crippen LogP contribution in [0.15, 0.2) is 24.3 Å². The average molecular weight is 410 g/mol. The van der Waals surface area contributed by atoms with Crippen molar-refractivity contribution >= 4 is 16.9 Å². The van der Waals surface area contributed by atoms with Crippen LogP contribution < -0.4 is 10.1 Å². The first-order valence-electron chi connectivity index (χ1n) is 8.62. The fraction of sp³-hybridized carbons (Fsp3) is 0.316. The summed E-state index contributed by atoms with van der Waals surface area (Å²) in [5.74, 6) is -1.43. The highest BCUT2D eigenvalue weighted by molar-refractivity contribution is 5.85. The summed E-state index contributed by atoms with van der Waals surface area (Å²) in [4.78, 5) is 16.4. The number of hydrogen-bond donors (Lipinski definition) is 1. The summed E-state index contributed by atoms with van der Waals surface area (Å²) in [5.41, 5.74) is 0.899. The molecule has 0 spiro atoms. The van der Waals surface area contributed by atoms with Crippen LogP contribution in [0.2, 0.25) is 0 Å². The number of halogens is 4. The fourth-order valence-electron chi connectivity index (χ4n) is 3.00. The van der Waals surface area contributed by atoms with Crippen LogP contribution in [0.1, 0.15) is 22.4 Å². The second-order valence-electron chi connectivity index (χ2n) is 6.57. The zero-order chi connectivity index (χ0) is 21.3. The predicted octanol–water partition coefficient (Wildman–Crippen LogP) is 3.44. The fourth-order valence-corrected chi connectivity index (χ4v) is 3.00. The van der Waals surface area contributed by atoms with Crippen LogP contribution >= 0.6 is 0 Å². The van der Waals surface area contributed by atoms with E-state index in [2.05, 4.69) is 15.4 Å². The van der Waals surface area contributed by atoms with Crippen molar-refractivity contribution in [3.05, 3.63) is 52.5 Å². The second-order valence-corrected chi connectivity index (χ2v) is 6.57. The number of nitrogens with one attached hydrogen (secondary N) is 1. The smallest absolute Gasteiger partial charge is 0.416 e. The number of carbonyl (C=O) groups excluding carboxylic acids is 1. The van der Waals surface area contributed by atoms with E-state index in [1.165, 1.54) is 4.68 Å². The summed E-state index contributed by atoms with van der Waals surface area (Å²) < 4.78 is 59.2. The predicted molar refractivity (Wildman–Crippen MR) is 96.7 cm³/mol. The number of ether oxygens (including phenoxy) is 1. The van der Waals surface area contributed by atoms with Gasteiger partial charge >= 0.3 is 6.18 Å². The van der Waals surface area contributed by atoms with Crippen molar-refractivity contribution in [3.8, 4) is 5.88 Å². The lowest BCUT2D eigenvalue weighted by atomic mass is 10.1. The zero-order valence-electron chi connectivity index (χ0n) is 15.9. The van der Waals surface area contributed by atoms with E-state index in [1.807, 2.05) is 19.9 Å². The molecule has 2 aromatic heterocycles. The van der Waals surface area contributed by atoms with Crippen molar-refractivity contribution in [1.29, 1.82) is 0 Å². The Morgan fingerprint density at radius 3 is 2.66 bits per heavy atom. The molecule has 2 heterocycles. The summed E-state index contributed by atoms with van der Waals surface area (Å²) in [5, 5.41) is 7.20.